The first-order valence-corrected chi connectivity index (χ1v) is 5.30. The lowest BCUT2D eigenvalue weighted by atomic mass is 9.82. The zero-order valence-corrected chi connectivity index (χ0v) is 8.74. The maximum atomic E-state index is 2.33. The Hall–Kier alpha value is 0.0900. The standard InChI is InChI=1S/C10H18S/c1-8(2)10(9(3)4)6-5-7-11-10/h5,7-9H,6H2,1-4H3. The first-order valence-electron chi connectivity index (χ1n) is 4.42. The van der Waals surface area contributed by atoms with Crippen LogP contribution in [-0.4, -0.2) is 4.75 Å². The van der Waals surface area contributed by atoms with E-state index in [2.05, 4.69) is 39.2 Å². The Labute approximate surface area is 74.5 Å². The fourth-order valence-corrected chi connectivity index (χ4v) is 3.05. The molecule has 11 heavy (non-hydrogen) atoms. The van der Waals surface area contributed by atoms with Crippen molar-refractivity contribution in [2.24, 2.45) is 11.8 Å². The lowest BCUT2D eigenvalue weighted by Crippen LogP contribution is -2.34. The quantitative estimate of drug-likeness (QED) is 0.609. The van der Waals surface area contributed by atoms with Crippen molar-refractivity contribution in [3.05, 3.63) is 11.5 Å². The highest BCUT2D eigenvalue weighted by Crippen LogP contribution is 2.47. The summed E-state index contributed by atoms with van der Waals surface area (Å²) < 4.78 is 0.500. The van der Waals surface area contributed by atoms with Crippen LogP contribution in [0.15, 0.2) is 11.5 Å². The van der Waals surface area contributed by atoms with Crippen molar-refractivity contribution in [2.45, 2.75) is 38.9 Å². The van der Waals surface area contributed by atoms with Gasteiger partial charge in [0.2, 0.25) is 0 Å². The lowest BCUT2D eigenvalue weighted by Gasteiger charge is -2.36. The van der Waals surface area contributed by atoms with Gasteiger partial charge in [-0.3, -0.25) is 0 Å². The predicted octanol–water partition coefficient (Wildman–Crippen LogP) is 3.69. The lowest BCUT2D eigenvalue weighted by molar-refractivity contribution is 0.341. The van der Waals surface area contributed by atoms with E-state index in [1.807, 2.05) is 11.8 Å². The first kappa shape index (κ1) is 9.18. The van der Waals surface area contributed by atoms with Gasteiger partial charge in [-0.25, -0.2) is 0 Å². The summed E-state index contributed by atoms with van der Waals surface area (Å²) in [6.07, 6.45) is 3.57. The van der Waals surface area contributed by atoms with Crippen molar-refractivity contribution < 1.29 is 0 Å². The van der Waals surface area contributed by atoms with Crippen LogP contribution in [0.5, 0.6) is 0 Å². The third-order valence-corrected chi connectivity index (χ3v) is 4.65. The summed E-state index contributed by atoms with van der Waals surface area (Å²) in [5.41, 5.74) is 0. The van der Waals surface area contributed by atoms with Crippen molar-refractivity contribution in [2.75, 3.05) is 0 Å². The molecule has 0 bridgehead atoms. The van der Waals surface area contributed by atoms with E-state index < -0.39 is 0 Å². The fourth-order valence-electron chi connectivity index (χ4n) is 1.87. The molecule has 64 valence electrons. The van der Waals surface area contributed by atoms with Gasteiger partial charge in [-0.1, -0.05) is 33.8 Å². The smallest absolute Gasteiger partial charge is 0.0281 e. The second-order valence-corrected chi connectivity index (χ2v) is 5.23. The van der Waals surface area contributed by atoms with Gasteiger partial charge in [0, 0.05) is 4.75 Å². The van der Waals surface area contributed by atoms with E-state index in [1.165, 1.54) is 6.42 Å². The van der Waals surface area contributed by atoms with Gasteiger partial charge in [0.1, 0.15) is 0 Å². The Bertz CT molecular complexity index is 138. The Morgan fingerprint density at radius 1 is 1.18 bits per heavy atom. The van der Waals surface area contributed by atoms with E-state index in [0.717, 1.165) is 11.8 Å². The van der Waals surface area contributed by atoms with Crippen molar-refractivity contribution in [3.63, 3.8) is 0 Å². The highest BCUT2D eigenvalue weighted by Gasteiger charge is 2.38. The third kappa shape index (κ3) is 1.48. The van der Waals surface area contributed by atoms with Crippen LogP contribution >= 0.6 is 11.8 Å². The summed E-state index contributed by atoms with van der Waals surface area (Å²) in [5.74, 6) is 1.56. The normalized spacial score (nSPS) is 22.0. The maximum Gasteiger partial charge on any atom is 0.0281 e. The van der Waals surface area contributed by atoms with Crippen LogP contribution in [0.2, 0.25) is 0 Å². The SMILES string of the molecule is CC(C)C1(C(C)C)CC=CS1. The topological polar surface area (TPSA) is 0 Å². The van der Waals surface area contributed by atoms with Crippen LogP contribution in [0.25, 0.3) is 0 Å². The van der Waals surface area contributed by atoms with E-state index >= 15 is 0 Å². The summed E-state index contributed by atoms with van der Waals surface area (Å²) in [7, 11) is 0. The molecular weight excluding hydrogens is 152 g/mol. The number of thioether (sulfide) groups is 1. The second kappa shape index (κ2) is 3.22. The molecule has 0 fully saturated rings. The van der Waals surface area contributed by atoms with Crippen molar-refractivity contribution in [3.8, 4) is 0 Å². The van der Waals surface area contributed by atoms with Gasteiger partial charge in [0.25, 0.3) is 0 Å². The van der Waals surface area contributed by atoms with Crippen LogP contribution < -0.4 is 0 Å². The fraction of sp³-hybridized carbons (Fsp3) is 0.800. The highest BCUT2D eigenvalue weighted by atomic mass is 32.2. The summed E-state index contributed by atoms with van der Waals surface area (Å²) in [6.45, 7) is 9.33. The van der Waals surface area contributed by atoms with Gasteiger partial charge in [0.15, 0.2) is 0 Å². The summed E-state index contributed by atoms with van der Waals surface area (Å²) in [5, 5.41) is 2.26. The number of rotatable bonds is 2. The third-order valence-electron chi connectivity index (χ3n) is 2.78. The maximum absolute atomic E-state index is 2.33. The first-order chi connectivity index (χ1) is 5.09. The number of hydrogen-bond acceptors (Lipinski definition) is 1. The zero-order valence-electron chi connectivity index (χ0n) is 7.92. The van der Waals surface area contributed by atoms with Crippen LogP contribution in [-0.2, 0) is 0 Å². The Morgan fingerprint density at radius 2 is 1.73 bits per heavy atom. The minimum atomic E-state index is 0.500. The molecule has 1 aliphatic heterocycles. The molecule has 1 rings (SSSR count). The molecule has 0 nitrogen and oxygen atoms in total. The molecule has 1 heterocycles. The molecule has 0 aromatic carbocycles. The molecule has 0 spiro atoms. The van der Waals surface area contributed by atoms with Crippen molar-refractivity contribution in [1.29, 1.82) is 0 Å². The summed E-state index contributed by atoms with van der Waals surface area (Å²) in [6, 6.07) is 0. The van der Waals surface area contributed by atoms with E-state index in [9.17, 15) is 0 Å². The molecule has 0 radical (unpaired) electrons. The summed E-state index contributed by atoms with van der Waals surface area (Å²) >= 11 is 2.03. The summed E-state index contributed by atoms with van der Waals surface area (Å²) in [4.78, 5) is 0. The molecule has 0 amide bonds. The molecular formula is C10H18S. The predicted molar refractivity (Wildman–Crippen MR) is 53.8 cm³/mol. The number of allylic oxidation sites excluding steroid dienone is 1. The molecule has 1 heteroatoms. The molecule has 0 unspecified atom stereocenters. The molecule has 0 saturated heterocycles. The molecule has 0 N–H and O–H groups in total. The van der Waals surface area contributed by atoms with Crippen molar-refractivity contribution >= 4 is 11.8 Å². The van der Waals surface area contributed by atoms with Crippen LogP contribution in [0, 0.1) is 11.8 Å². The van der Waals surface area contributed by atoms with Gasteiger partial charge in [-0.05, 0) is 23.7 Å². The van der Waals surface area contributed by atoms with Crippen LogP contribution in [0.4, 0.5) is 0 Å². The van der Waals surface area contributed by atoms with Crippen LogP contribution in [0.1, 0.15) is 34.1 Å². The zero-order chi connectivity index (χ0) is 8.48. The Balaban J connectivity index is 2.73. The molecule has 0 saturated carbocycles. The monoisotopic (exact) mass is 170 g/mol. The molecule has 0 aromatic rings. The number of hydrogen-bond donors (Lipinski definition) is 0. The molecule has 1 aliphatic rings. The molecule has 0 aliphatic carbocycles. The van der Waals surface area contributed by atoms with Gasteiger partial charge < -0.3 is 0 Å². The van der Waals surface area contributed by atoms with E-state index in [0.29, 0.717) is 4.75 Å². The van der Waals surface area contributed by atoms with E-state index in [1.54, 1.807) is 0 Å². The van der Waals surface area contributed by atoms with E-state index in [4.69, 9.17) is 0 Å². The van der Waals surface area contributed by atoms with Gasteiger partial charge in [-0.15, -0.1) is 11.8 Å². The van der Waals surface area contributed by atoms with Gasteiger partial charge in [-0.2, -0.15) is 0 Å². The van der Waals surface area contributed by atoms with Gasteiger partial charge in [0.05, 0.1) is 0 Å². The van der Waals surface area contributed by atoms with Gasteiger partial charge >= 0.3 is 0 Å². The average Bonchev–Trinajstić information content (AvgIpc) is 2.34. The second-order valence-electron chi connectivity index (χ2n) is 3.96. The Morgan fingerprint density at radius 3 is 1.91 bits per heavy atom. The highest BCUT2D eigenvalue weighted by molar-refractivity contribution is 8.03. The van der Waals surface area contributed by atoms with E-state index in [-0.39, 0.29) is 0 Å². The molecule has 0 atom stereocenters. The molecule has 0 aromatic heterocycles. The minimum Gasteiger partial charge on any atom is -0.127 e. The minimum absolute atomic E-state index is 0.500. The average molecular weight is 170 g/mol. The Kier molecular flexibility index (Phi) is 2.69. The van der Waals surface area contributed by atoms with Crippen molar-refractivity contribution in [1.82, 2.24) is 0 Å². The van der Waals surface area contributed by atoms with Crippen LogP contribution in [0.3, 0.4) is 0 Å². The largest absolute Gasteiger partial charge is 0.127 e.